The van der Waals surface area contributed by atoms with Gasteiger partial charge in [0.25, 0.3) is 5.91 Å². The van der Waals surface area contributed by atoms with Gasteiger partial charge in [-0.25, -0.2) is 4.98 Å². The Morgan fingerprint density at radius 3 is 2.52 bits per heavy atom. The van der Waals surface area contributed by atoms with Gasteiger partial charge in [-0.2, -0.15) is 0 Å². The molecule has 0 radical (unpaired) electrons. The minimum atomic E-state index is -0.245. The molecule has 1 aliphatic rings. The number of rotatable bonds is 6. The Hall–Kier alpha value is -3.87. The fraction of sp³-hybridized carbons (Fsp3) is 0.269. The third kappa shape index (κ3) is 4.39. The van der Waals surface area contributed by atoms with Gasteiger partial charge in [0, 0.05) is 13.1 Å². The maximum atomic E-state index is 13.3. The highest BCUT2D eigenvalue weighted by atomic mass is 16.5. The summed E-state index contributed by atoms with van der Waals surface area (Å²) >= 11 is 0. The lowest BCUT2D eigenvalue weighted by molar-refractivity contribution is 0.102. The lowest BCUT2D eigenvalue weighted by atomic mass is 10.0. The number of nitrogens with one attached hydrogen (secondary N) is 1. The molecule has 1 amide bonds. The SMILES string of the molecule is Cc1noc(C)c1COc1cc2ccccc2cc1C(=O)Nc1ccc(N2CCCC2)nc1. The van der Waals surface area contributed by atoms with E-state index in [-0.39, 0.29) is 12.5 Å². The number of nitrogens with zero attached hydrogens (tertiary/aromatic N) is 3. The molecule has 0 saturated carbocycles. The van der Waals surface area contributed by atoms with E-state index in [4.69, 9.17) is 9.26 Å². The van der Waals surface area contributed by atoms with Gasteiger partial charge in [0.15, 0.2) is 0 Å². The Morgan fingerprint density at radius 1 is 1.09 bits per heavy atom. The molecule has 0 aliphatic carbocycles. The third-order valence-electron chi connectivity index (χ3n) is 6.08. The summed E-state index contributed by atoms with van der Waals surface area (Å²) in [5.41, 5.74) is 2.77. The molecule has 1 fully saturated rings. The summed E-state index contributed by atoms with van der Waals surface area (Å²) in [6.45, 7) is 6.06. The molecule has 1 N–H and O–H groups in total. The van der Waals surface area contributed by atoms with Gasteiger partial charge in [0.2, 0.25) is 0 Å². The van der Waals surface area contributed by atoms with Crippen molar-refractivity contribution in [3.05, 3.63) is 77.3 Å². The van der Waals surface area contributed by atoms with Crippen LogP contribution in [0, 0.1) is 13.8 Å². The van der Waals surface area contributed by atoms with Gasteiger partial charge in [-0.3, -0.25) is 4.79 Å². The molecule has 168 valence electrons. The van der Waals surface area contributed by atoms with E-state index in [0.29, 0.717) is 22.8 Å². The number of hydrogen-bond donors (Lipinski definition) is 1. The number of aryl methyl sites for hydroxylation is 2. The zero-order chi connectivity index (χ0) is 22.8. The van der Waals surface area contributed by atoms with Crippen molar-refractivity contribution in [2.45, 2.75) is 33.3 Å². The molecule has 0 unspecified atom stereocenters. The topological polar surface area (TPSA) is 80.5 Å². The van der Waals surface area contributed by atoms with Gasteiger partial charge in [-0.1, -0.05) is 29.4 Å². The van der Waals surface area contributed by atoms with Gasteiger partial charge in [-0.05, 0) is 61.7 Å². The summed E-state index contributed by atoms with van der Waals surface area (Å²) < 4.78 is 11.4. The summed E-state index contributed by atoms with van der Waals surface area (Å²) in [4.78, 5) is 20.0. The normalized spacial score (nSPS) is 13.5. The van der Waals surface area contributed by atoms with Crippen molar-refractivity contribution < 1.29 is 14.1 Å². The Labute approximate surface area is 192 Å². The van der Waals surface area contributed by atoms with Gasteiger partial charge < -0.3 is 19.5 Å². The van der Waals surface area contributed by atoms with Crippen LogP contribution in [-0.4, -0.2) is 29.1 Å². The Bertz CT molecular complexity index is 1270. The number of hydrogen-bond acceptors (Lipinski definition) is 6. The molecule has 0 atom stereocenters. The zero-order valence-electron chi connectivity index (χ0n) is 18.8. The summed E-state index contributed by atoms with van der Waals surface area (Å²) in [5.74, 6) is 1.92. The summed E-state index contributed by atoms with van der Waals surface area (Å²) in [7, 11) is 0. The molecule has 7 heteroatoms. The molecule has 0 bridgehead atoms. The average Bonchev–Trinajstić information content (AvgIpc) is 3.48. The molecule has 1 aliphatic heterocycles. The summed E-state index contributed by atoms with van der Waals surface area (Å²) in [5, 5.41) is 8.92. The fourth-order valence-corrected chi connectivity index (χ4v) is 4.17. The highest BCUT2D eigenvalue weighted by Crippen LogP contribution is 2.29. The van der Waals surface area contributed by atoms with Crippen molar-refractivity contribution >= 4 is 28.2 Å². The minimum Gasteiger partial charge on any atom is -0.488 e. The maximum absolute atomic E-state index is 13.3. The van der Waals surface area contributed by atoms with Crippen LogP contribution in [0.2, 0.25) is 0 Å². The molecular weight excluding hydrogens is 416 g/mol. The van der Waals surface area contributed by atoms with Crippen LogP contribution in [0.15, 0.2) is 59.3 Å². The molecule has 1 saturated heterocycles. The van der Waals surface area contributed by atoms with Crippen LogP contribution >= 0.6 is 0 Å². The number of carbonyl (C=O) groups is 1. The second-order valence-electron chi connectivity index (χ2n) is 8.34. The van der Waals surface area contributed by atoms with Gasteiger partial charge in [0.1, 0.15) is 23.9 Å². The van der Waals surface area contributed by atoms with E-state index in [9.17, 15) is 4.79 Å². The number of pyridine rings is 1. The largest absolute Gasteiger partial charge is 0.488 e. The number of anilines is 2. The first-order valence-corrected chi connectivity index (χ1v) is 11.2. The van der Waals surface area contributed by atoms with E-state index in [1.807, 2.05) is 62.4 Å². The van der Waals surface area contributed by atoms with Crippen LogP contribution < -0.4 is 15.0 Å². The standard InChI is InChI=1S/C26H26N4O3/c1-17-23(18(2)33-29-17)16-32-24-14-20-8-4-3-7-19(20)13-22(24)26(31)28-21-9-10-25(27-15-21)30-11-5-6-12-30/h3-4,7-10,13-15H,5-6,11-12,16H2,1-2H3,(H,28,31). The van der Waals surface area contributed by atoms with E-state index in [0.717, 1.165) is 40.9 Å². The Balaban J connectivity index is 1.40. The van der Waals surface area contributed by atoms with Crippen molar-refractivity contribution in [3.63, 3.8) is 0 Å². The van der Waals surface area contributed by atoms with E-state index < -0.39 is 0 Å². The second-order valence-corrected chi connectivity index (χ2v) is 8.34. The van der Waals surface area contributed by atoms with Crippen molar-refractivity contribution in [3.8, 4) is 5.75 Å². The van der Waals surface area contributed by atoms with Crippen LogP contribution in [0.25, 0.3) is 10.8 Å². The number of amides is 1. The zero-order valence-corrected chi connectivity index (χ0v) is 18.8. The lowest BCUT2D eigenvalue weighted by Crippen LogP contribution is -2.19. The van der Waals surface area contributed by atoms with Crippen LogP contribution in [-0.2, 0) is 6.61 Å². The first-order chi connectivity index (χ1) is 16.1. The number of ether oxygens (including phenoxy) is 1. The van der Waals surface area contributed by atoms with Crippen molar-refractivity contribution in [1.82, 2.24) is 10.1 Å². The van der Waals surface area contributed by atoms with Crippen LogP contribution in [0.1, 0.15) is 40.2 Å². The second kappa shape index (κ2) is 8.94. The molecular formula is C26H26N4O3. The number of fused-ring (bicyclic) bond motifs is 1. The highest BCUT2D eigenvalue weighted by Gasteiger charge is 2.18. The summed E-state index contributed by atoms with van der Waals surface area (Å²) in [6, 6.07) is 15.5. The number of aromatic nitrogens is 2. The lowest BCUT2D eigenvalue weighted by Gasteiger charge is -2.17. The molecule has 3 heterocycles. The predicted molar refractivity (Wildman–Crippen MR) is 128 cm³/mol. The van der Waals surface area contributed by atoms with Gasteiger partial charge >= 0.3 is 0 Å². The van der Waals surface area contributed by atoms with E-state index in [1.165, 1.54) is 12.8 Å². The van der Waals surface area contributed by atoms with E-state index in [1.54, 1.807) is 6.20 Å². The first-order valence-electron chi connectivity index (χ1n) is 11.2. The van der Waals surface area contributed by atoms with Gasteiger partial charge in [-0.15, -0.1) is 0 Å². The van der Waals surface area contributed by atoms with Crippen LogP contribution in [0.5, 0.6) is 5.75 Å². The average molecular weight is 443 g/mol. The monoisotopic (exact) mass is 442 g/mol. The summed E-state index contributed by atoms with van der Waals surface area (Å²) in [6.07, 6.45) is 4.09. The molecule has 33 heavy (non-hydrogen) atoms. The smallest absolute Gasteiger partial charge is 0.259 e. The van der Waals surface area contributed by atoms with Crippen molar-refractivity contribution in [2.24, 2.45) is 0 Å². The first kappa shape index (κ1) is 21.0. The number of carbonyl (C=O) groups excluding carboxylic acids is 1. The molecule has 4 aromatic rings. The van der Waals surface area contributed by atoms with Crippen LogP contribution in [0.3, 0.4) is 0 Å². The predicted octanol–water partition coefficient (Wildman–Crippen LogP) is 5.27. The molecule has 2 aromatic heterocycles. The molecule has 5 rings (SSSR count). The Morgan fingerprint density at radius 2 is 1.85 bits per heavy atom. The molecule has 2 aromatic carbocycles. The quantitative estimate of drug-likeness (QED) is 0.438. The van der Waals surface area contributed by atoms with Gasteiger partial charge in [0.05, 0.1) is 28.7 Å². The molecule has 7 nitrogen and oxygen atoms in total. The third-order valence-corrected chi connectivity index (χ3v) is 6.08. The van der Waals surface area contributed by atoms with Crippen LogP contribution in [0.4, 0.5) is 11.5 Å². The van der Waals surface area contributed by atoms with Crippen molar-refractivity contribution in [1.29, 1.82) is 0 Å². The molecule has 0 spiro atoms. The highest BCUT2D eigenvalue weighted by molar-refractivity contribution is 6.08. The Kier molecular flexibility index (Phi) is 5.69. The maximum Gasteiger partial charge on any atom is 0.259 e. The van der Waals surface area contributed by atoms with Crippen molar-refractivity contribution in [2.75, 3.05) is 23.3 Å². The van der Waals surface area contributed by atoms with E-state index >= 15 is 0 Å². The van der Waals surface area contributed by atoms with E-state index in [2.05, 4.69) is 20.4 Å². The minimum absolute atomic E-state index is 0.245. The fourth-order valence-electron chi connectivity index (χ4n) is 4.17. The number of benzene rings is 2.